The molecule has 0 aliphatic carbocycles. The van der Waals surface area contributed by atoms with Crippen molar-refractivity contribution in [2.24, 2.45) is 0 Å². The van der Waals surface area contributed by atoms with Crippen LogP contribution in [0.1, 0.15) is 34.8 Å². The molecule has 7 nitrogen and oxygen atoms in total. The van der Waals surface area contributed by atoms with Gasteiger partial charge >= 0.3 is 0 Å². The second-order valence-electron chi connectivity index (χ2n) is 8.01. The first-order valence-electron chi connectivity index (χ1n) is 10.7. The first-order valence-corrected chi connectivity index (χ1v) is 10.7. The first-order chi connectivity index (χ1) is 15.4. The Kier molecular flexibility index (Phi) is 6.16. The van der Waals surface area contributed by atoms with Gasteiger partial charge in [-0.15, -0.1) is 10.2 Å². The van der Waals surface area contributed by atoms with Crippen LogP contribution in [0, 0.1) is 20.8 Å². The third-order valence-corrected chi connectivity index (χ3v) is 5.58. The fraction of sp³-hybridized carbons (Fsp3) is 0.280. The average Bonchev–Trinajstić information content (AvgIpc) is 3.38. The van der Waals surface area contributed by atoms with Crippen LogP contribution in [-0.2, 0) is 17.8 Å². The van der Waals surface area contributed by atoms with Gasteiger partial charge < -0.3 is 9.32 Å². The molecule has 0 aliphatic heterocycles. The van der Waals surface area contributed by atoms with Crippen molar-refractivity contribution < 1.29 is 9.21 Å². The van der Waals surface area contributed by atoms with Gasteiger partial charge in [0.05, 0.1) is 11.4 Å². The molecule has 1 amide bonds. The Balaban J connectivity index is 1.38. The van der Waals surface area contributed by atoms with E-state index in [1.807, 2.05) is 87.1 Å². The Bertz CT molecular complexity index is 1210. The minimum atomic E-state index is 0.0198. The van der Waals surface area contributed by atoms with Crippen molar-refractivity contribution in [2.75, 3.05) is 7.05 Å². The summed E-state index contributed by atoms with van der Waals surface area (Å²) >= 11 is 0. The molecule has 0 atom stereocenters. The topological polar surface area (TPSA) is 77.1 Å². The molecule has 0 spiro atoms. The van der Waals surface area contributed by atoms with Gasteiger partial charge in [0.15, 0.2) is 0 Å². The molecule has 0 saturated carbocycles. The van der Waals surface area contributed by atoms with Gasteiger partial charge in [-0.1, -0.05) is 35.9 Å². The molecule has 0 aliphatic rings. The molecule has 164 valence electrons. The Morgan fingerprint density at radius 2 is 1.72 bits per heavy atom. The van der Waals surface area contributed by atoms with Gasteiger partial charge in [-0.2, -0.15) is 5.10 Å². The van der Waals surface area contributed by atoms with E-state index in [1.165, 1.54) is 5.56 Å². The Morgan fingerprint density at radius 1 is 1.00 bits per heavy atom. The van der Waals surface area contributed by atoms with Crippen molar-refractivity contribution in [2.45, 2.75) is 40.2 Å². The molecule has 0 saturated heterocycles. The molecule has 2 aromatic carbocycles. The van der Waals surface area contributed by atoms with Crippen molar-refractivity contribution in [3.05, 3.63) is 83.0 Å². The minimum Gasteiger partial charge on any atom is -0.421 e. The molecule has 0 unspecified atom stereocenters. The maximum absolute atomic E-state index is 12.7. The zero-order valence-corrected chi connectivity index (χ0v) is 18.9. The molecule has 2 aromatic heterocycles. The van der Waals surface area contributed by atoms with Gasteiger partial charge in [-0.3, -0.25) is 4.79 Å². The second kappa shape index (κ2) is 9.18. The molecule has 7 heteroatoms. The van der Waals surface area contributed by atoms with E-state index in [2.05, 4.69) is 15.3 Å². The molecule has 0 fully saturated rings. The van der Waals surface area contributed by atoms with E-state index in [9.17, 15) is 4.79 Å². The maximum atomic E-state index is 12.7. The number of nitrogens with zero attached hydrogens (tertiary/aromatic N) is 5. The van der Waals surface area contributed by atoms with E-state index < -0.39 is 0 Å². The Morgan fingerprint density at radius 3 is 2.44 bits per heavy atom. The highest BCUT2D eigenvalue weighted by molar-refractivity contribution is 5.76. The fourth-order valence-electron chi connectivity index (χ4n) is 3.62. The van der Waals surface area contributed by atoms with Gasteiger partial charge in [0, 0.05) is 43.3 Å². The summed E-state index contributed by atoms with van der Waals surface area (Å²) in [6.07, 6.45) is 0.709. The Labute approximate surface area is 187 Å². The molecule has 32 heavy (non-hydrogen) atoms. The summed E-state index contributed by atoms with van der Waals surface area (Å²) in [6, 6.07) is 17.9. The summed E-state index contributed by atoms with van der Waals surface area (Å²) in [7, 11) is 1.81. The third-order valence-electron chi connectivity index (χ3n) is 5.58. The number of rotatable bonds is 7. The molecule has 0 radical (unpaired) electrons. The van der Waals surface area contributed by atoms with Crippen LogP contribution < -0.4 is 0 Å². The van der Waals surface area contributed by atoms with Crippen LogP contribution in [0.5, 0.6) is 0 Å². The summed E-state index contributed by atoms with van der Waals surface area (Å²) in [5.74, 6) is 0.957. The van der Waals surface area contributed by atoms with Crippen LogP contribution >= 0.6 is 0 Å². The highest BCUT2D eigenvalue weighted by Crippen LogP contribution is 2.21. The molecule has 4 aromatic rings. The highest BCUT2D eigenvalue weighted by Gasteiger charge is 2.18. The van der Waals surface area contributed by atoms with Crippen molar-refractivity contribution in [3.8, 4) is 17.1 Å². The van der Waals surface area contributed by atoms with E-state index in [1.54, 1.807) is 4.90 Å². The number of aryl methyl sites for hydroxylation is 3. The lowest BCUT2D eigenvalue weighted by molar-refractivity contribution is -0.130. The fourth-order valence-corrected chi connectivity index (χ4v) is 3.62. The smallest absolute Gasteiger partial charge is 0.247 e. The number of aromatic nitrogens is 4. The zero-order valence-electron chi connectivity index (χ0n) is 18.9. The third kappa shape index (κ3) is 4.61. The quantitative estimate of drug-likeness (QED) is 0.434. The monoisotopic (exact) mass is 429 g/mol. The number of para-hydroxylation sites is 1. The molecule has 0 N–H and O–H groups in total. The number of carbonyl (C=O) groups is 1. The SMILES string of the molecule is Cc1ccc(-c2nnc(CCC(=O)N(C)Cc3c(C)nn(-c4ccccc4)c3C)o2)cc1. The predicted octanol–water partition coefficient (Wildman–Crippen LogP) is 4.44. The molecular weight excluding hydrogens is 402 g/mol. The summed E-state index contributed by atoms with van der Waals surface area (Å²) < 4.78 is 7.67. The number of amides is 1. The standard InChI is InChI=1S/C25H27N5O2/c1-17-10-12-20(13-11-17)25-27-26-23(32-25)14-15-24(31)29(4)16-22-18(2)28-30(19(22)3)21-8-6-5-7-9-21/h5-13H,14-16H2,1-4H3. The normalized spacial score (nSPS) is 11.0. The molecule has 0 bridgehead atoms. The van der Waals surface area contributed by atoms with Crippen molar-refractivity contribution in [1.29, 1.82) is 0 Å². The highest BCUT2D eigenvalue weighted by atomic mass is 16.4. The zero-order chi connectivity index (χ0) is 22.7. The van der Waals surface area contributed by atoms with Gasteiger partial charge in [-0.25, -0.2) is 4.68 Å². The summed E-state index contributed by atoms with van der Waals surface area (Å²) in [4.78, 5) is 14.5. The van der Waals surface area contributed by atoms with Crippen LogP contribution in [0.3, 0.4) is 0 Å². The van der Waals surface area contributed by atoms with Crippen molar-refractivity contribution >= 4 is 5.91 Å². The van der Waals surface area contributed by atoms with E-state index >= 15 is 0 Å². The summed E-state index contributed by atoms with van der Waals surface area (Å²) in [5, 5.41) is 12.9. The van der Waals surface area contributed by atoms with Gasteiger partial charge in [0.25, 0.3) is 0 Å². The number of hydrogen-bond donors (Lipinski definition) is 0. The van der Waals surface area contributed by atoms with Gasteiger partial charge in [0.2, 0.25) is 17.7 Å². The largest absolute Gasteiger partial charge is 0.421 e. The van der Waals surface area contributed by atoms with Crippen LogP contribution in [0.2, 0.25) is 0 Å². The van der Waals surface area contributed by atoms with Crippen LogP contribution in [0.15, 0.2) is 59.0 Å². The number of hydrogen-bond acceptors (Lipinski definition) is 5. The second-order valence-corrected chi connectivity index (χ2v) is 8.01. The minimum absolute atomic E-state index is 0.0198. The lowest BCUT2D eigenvalue weighted by atomic mass is 10.1. The molecule has 2 heterocycles. The van der Waals surface area contributed by atoms with Crippen LogP contribution in [-0.4, -0.2) is 37.8 Å². The van der Waals surface area contributed by atoms with Gasteiger partial charge in [-0.05, 0) is 45.0 Å². The predicted molar refractivity (Wildman–Crippen MR) is 122 cm³/mol. The van der Waals surface area contributed by atoms with E-state index in [4.69, 9.17) is 4.42 Å². The van der Waals surface area contributed by atoms with E-state index in [-0.39, 0.29) is 5.91 Å². The lowest BCUT2D eigenvalue weighted by Crippen LogP contribution is -2.27. The summed E-state index contributed by atoms with van der Waals surface area (Å²) in [5.41, 5.74) is 6.07. The first kappa shape index (κ1) is 21.5. The van der Waals surface area contributed by atoms with Crippen LogP contribution in [0.4, 0.5) is 0 Å². The van der Waals surface area contributed by atoms with E-state index in [0.29, 0.717) is 31.2 Å². The van der Waals surface area contributed by atoms with Crippen molar-refractivity contribution in [3.63, 3.8) is 0 Å². The maximum Gasteiger partial charge on any atom is 0.247 e. The number of benzene rings is 2. The lowest BCUT2D eigenvalue weighted by Gasteiger charge is -2.17. The van der Waals surface area contributed by atoms with E-state index in [0.717, 1.165) is 28.2 Å². The van der Waals surface area contributed by atoms with Crippen molar-refractivity contribution in [1.82, 2.24) is 24.9 Å². The van der Waals surface area contributed by atoms with Crippen LogP contribution in [0.25, 0.3) is 17.1 Å². The van der Waals surface area contributed by atoms with Gasteiger partial charge in [0.1, 0.15) is 0 Å². The Hall–Kier alpha value is -3.74. The average molecular weight is 430 g/mol. The molecule has 4 rings (SSSR count). The molecular formula is C25H27N5O2. The number of carbonyl (C=O) groups excluding carboxylic acids is 1. The summed E-state index contributed by atoms with van der Waals surface area (Å²) in [6.45, 7) is 6.54.